The summed E-state index contributed by atoms with van der Waals surface area (Å²) in [5.74, 6) is -1.80. The molecule has 24 atom stereocenters. The van der Waals surface area contributed by atoms with Crippen molar-refractivity contribution in [2.24, 2.45) is 16.7 Å². The first-order chi connectivity index (χ1) is 36.6. The molecule has 1 aromatic rings. The lowest BCUT2D eigenvalue weighted by atomic mass is 9.42. The number of carbonyl (C=O) groups excluding carboxylic acids is 2. The molecule has 4 saturated heterocycles. The number of hydrogen-bond acceptors (Lipinski definition) is 19. The molecule has 9 rings (SSSR count). The SMILES string of the molecule is CO[C@H]1C[C@H](O[C@H]2[C@@H](OC)CC(O[C@H]3CC[C@@]4(C)C(=CC[C@]5(O)C4C[C@@H](OC(=O)/C=C/c4ccccc4)[C@@]4(C)[C@]5(O)CC[C@@]4(O)C(C)=O)C3)O[C@@H]2C)O[C@@H](C)[C@H]1O[C@H]1C[C@H](OC)[C@H](O[C@H]2C[C@@H](OC)[C@@H](O)[C@H](C)O2)[C@@H](C)O1. The number of ketones is 1. The van der Waals surface area contributed by atoms with Crippen LogP contribution in [0.2, 0.25) is 0 Å². The minimum atomic E-state index is -2.05. The molecule has 19 heteroatoms. The van der Waals surface area contributed by atoms with Crippen molar-refractivity contribution >= 4 is 17.8 Å². The largest absolute Gasteiger partial charge is 0.458 e. The van der Waals surface area contributed by atoms with E-state index >= 15 is 0 Å². The normalized spacial score (nSPS) is 48.1. The second kappa shape index (κ2) is 23.2. The Bertz CT molecular complexity index is 2270. The summed E-state index contributed by atoms with van der Waals surface area (Å²) in [5, 5.41) is 48.6. The lowest BCUT2D eigenvalue weighted by molar-refractivity contribution is -0.347. The first kappa shape index (κ1) is 58.8. The Kier molecular flexibility index (Phi) is 17.7. The number of aliphatic hydroxyl groups excluding tert-OH is 1. The van der Waals surface area contributed by atoms with Crippen LogP contribution < -0.4 is 0 Å². The van der Waals surface area contributed by atoms with E-state index in [-0.39, 0.29) is 37.9 Å². The molecule has 7 fully saturated rings. The maximum atomic E-state index is 13.6. The molecule has 0 bridgehead atoms. The molecule has 77 heavy (non-hydrogen) atoms. The smallest absolute Gasteiger partial charge is 0.331 e. The number of rotatable bonds is 16. The van der Waals surface area contributed by atoms with Gasteiger partial charge in [0.25, 0.3) is 0 Å². The number of methoxy groups -OCH3 is 4. The second-order valence-electron chi connectivity index (χ2n) is 23.6. The van der Waals surface area contributed by atoms with Gasteiger partial charge < -0.3 is 82.0 Å². The lowest BCUT2D eigenvalue weighted by Crippen LogP contribution is -2.78. The van der Waals surface area contributed by atoms with Gasteiger partial charge in [0.05, 0.1) is 60.4 Å². The summed E-state index contributed by atoms with van der Waals surface area (Å²) in [7, 11) is 6.48. The molecule has 19 nitrogen and oxygen atoms in total. The van der Waals surface area contributed by atoms with Crippen LogP contribution in [0.1, 0.15) is 125 Å². The summed E-state index contributed by atoms with van der Waals surface area (Å²) < 4.78 is 81.6. The van der Waals surface area contributed by atoms with Crippen molar-refractivity contribution < 1.29 is 91.6 Å². The molecule has 0 aromatic heterocycles. The second-order valence-corrected chi connectivity index (χ2v) is 23.6. The van der Waals surface area contributed by atoms with Crippen LogP contribution in [-0.4, -0.2) is 188 Å². The highest BCUT2D eigenvalue weighted by Crippen LogP contribution is 2.71. The molecular formula is C58H86O19. The van der Waals surface area contributed by atoms with E-state index in [1.807, 2.05) is 57.2 Å². The van der Waals surface area contributed by atoms with Gasteiger partial charge in [0.15, 0.2) is 30.9 Å². The molecule has 2 unspecified atom stereocenters. The average Bonchev–Trinajstić information content (AvgIpc) is 3.79. The van der Waals surface area contributed by atoms with E-state index in [9.17, 15) is 30.0 Å². The summed E-state index contributed by atoms with van der Waals surface area (Å²) in [6.07, 6.45) is -1.19. The number of hydrogen-bond donors (Lipinski definition) is 4. The van der Waals surface area contributed by atoms with Gasteiger partial charge in [-0.25, -0.2) is 4.79 Å². The van der Waals surface area contributed by atoms with Gasteiger partial charge in [-0.2, -0.15) is 0 Å². The molecule has 0 spiro atoms. The Morgan fingerprint density at radius 2 is 1.14 bits per heavy atom. The summed E-state index contributed by atoms with van der Waals surface area (Å²) in [5.41, 5.74) is -6.24. The minimum absolute atomic E-state index is 0.0493. The molecule has 3 saturated carbocycles. The van der Waals surface area contributed by atoms with E-state index in [0.29, 0.717) is 44.9 Å². The summed E-state index contributed by atoms with van der Waals surface area (Å²) in [4.78, 5) is 27.0. The van der Waals surface area contributed by atoms with Crippen LogP contribution in [0.3, 0.4) is 0 Å². The number of benzene rings is 1. The van der Waals surface area contributed by atoms with E-state index < -0.39 is 144 Å². The van der Waals surface area contributed by atoms with E-state index in [1.165, 1.54) is 13.0 Å². The average molecular weight is 1090 g/mol. The number of ether oxygens (including phenoxy) is 13. The van der Waals surface area contributed by atoms with Gasteiger partial charge in [-0.05, 0) is 104 Å². The molecular weight excluding hydrogens is 1000 g/mol. The van der Waals surface area contributed by atoms with Crippen molar-refractivity contribution in [3.63, 3.8) is 0 Å². The summed E-state index contributed by atoms with van der Waals surface area (Å²) in [6.45, 7) is 12.5. The molecule has 4 N–H and O–H groups in total. The molecule has 0 amide bonds. The fraction of sp³-hybridized carbons (Fsp3) is 0.793. The van der Waals surface area contributed by atoms with Gasteiger partial charge in [0.2, 0.25) is 0 Å². The number of fused-ring (bicyclic) bond motifs is 5. The fourth-order valence-corrected chi connectivity index (χ4v) is 15.0. The van der Waals surface area contributed by atoms with Crippen molar-refractivity contribution in [1.82, 2.24) is 0 Å². The molecule has 0 radical (unpaired) electrons. The standard InChI is InChI=1S/C58H86O19/c1-31-50(61)39(65-8)26-47(69-31)75-52-33(3)71-49(28-41(52)67-10)77-53-34(4)72-48(29-42(53)68-11)76-51-32(2)70-46(27-40(51)66-9)73-38-20-21-54(6)37(25-38)19-22-57(63)43(54)30-44(74-45(60)18-17-36-15-13-12-14-16-36)55(7)56(62,35(5)59)23-24-58(55,57)64/h12-19,31-34,38-44,46-53,61-64H,20-30H2,1-11H3/b18-17+/t31-,32+,33+,34-,38-,39+,40-,41-,42-,43?,44+,46?,47-,48-,49-,50-,51+,52+,53+,54-,55+,56+,57-,58+/m0/s1. The number of esters is 1. The van der Waals surface area contributed by atoms with Crippen molar-refractivity contribution in [2.75, 3.05) is 28.4 Å². The maximum Gasteiger partial charge on any atom is 0.331 e. The van der Waals surface area contributed by atoms with Gasteiger partial charge in [0, 0.05) is 66.1 Å². The predicted molar refractivity (Wildman–Crippen MR) is 275 cm³/mol. The first-order valence-corrected chi connectivity index (χ1v) is 27.9. The molecule has 432 valence electrons. The van der Waals surface area contributed by atoms with Crippen LogP contribution in [0.15, 0.2) is 48.1 Å². The van der Waals surface area contributed by atoms with Crippen molar-refractivity contribution in [3.8, 4) is 0 Å². The van der Waals surface area contributed by atoms with Crippen LogP contribution in [0.25, 0.3) is 6.08 Å². The van der Waals surface area contributed by atoms with Gasteiger partial charge in [0.1, 0.15) is 47.3 Å². The predicted octanol–water partition coefficient (Wildman–Crippen LogP) is 5.24. The van der Waals surface area contributed by atoms with Gasteiger partial charge >= 0.3 is 5.97 Å². The Balaban J connectivity index is 0.809. The van der Waals surface area contributed by atoms with Crippen LogP contribution in [0.5, 0.6) is 0 Å². The van der Waals surface area contributed by atoms with Crippen LogP contribution in [-0.2, 0) is 71.2 Å². The van der Waals surface area contributed by atoms with Crippen molar-refractivity contribution in [1.29, 1.82) is 0 Å². The van der Waals surface area contributed by atoms with Crippen molar-refractivity contribution in [2.45, 2.75) is 247 Å². The number of aliphatic hydroxyl groups is 4. The summed E-state index contributed by atoms with van der Waals surface area (Å²) >= 11 is 0. The topological polar surface area (TPSA) is 235 Å². The molecule has 4 heterocycles. The fourth-order valence-electron chi connectivity index (χ4n) is 15.0. The summed E-state index contributed by atoms with van der Waals surface area (Å²) in [6, 6.07) is 9.30. The van der Waals surface area contributed by atoms with Gasteiger partial charge in [-0.1, -0.05) is 48.9 Å². The highest BCUT2D eigenvalue weighted by atomic mass is 16.8. The first-order valence-electron chi connectivity index (χ1n) is 27.9. The maximum absolute atomic E-state index is 13.6. The molecule has 4 aliphatic heterocycles. The van der Waals surface area contributed by atoms with Crippen LogP contribution >= 0.6 is 0 Å². The zero-order valence-corrected chi connectivity index (χ0v) is 46.8. The lowest BCUT2D eigenvalue weighted by Gasteiger charge is -2.67. The highest BCUT2D eigenvalue weighted by molar-refractivity contribution is 5.88. The van der Waals surface area contributed by atoms with E-state index in [0.717, 1.165) is 11.1 Å². The number of Topliss-reactive ketones (excluding diaryl/α,β-unsaturated/α-hetero) is 1. The zero-order chi connectivity index (χ0) is 55.4. The van der Waals surface area contributed by atoms with Crippen LogP contribution in [0, 0.1) is 16.7 Å². The van der Waals surface area contributed by atoms with Crippen molar-refractivity contribution in [3.05, 3.63) is 53.6 Å². The Morgan fingerprint density at radius 3 is 1.65 bits per heavy atom. The molecule has 1 aromatic carbocycles. The zero-order valence-electron chi connectivity index (χ0n) is 46.8. The van der Waals surface area contributed by atoms with Gasteiger partial charge in [-0.3, -0.25) is 4.79 Å². The van der Waals surface area contributed by atoms with Crippen LogP contribution in [0.4, 0.5) is 0 Å². The third-order valence-corrected chi connectivity index (χ3v) is 19.6. The molecule has 4 aliphatic carbocycles. The number of carbonyl (C=O) groups is 2. The van der Waals surface area contributed by atoms with E-state index in [2.05, 4.69) is 6.92 Å². The van der Waals surface area contributed by atoms with Gasteiger partial charge in [-0.15, -0.1) is 0 Å². The third-order valence-electron chi connectivity index (χ3n) is 19.6. The Hall–Kier alpha value is -2.80. The quantitative estimate of drug-likeness (QED) is 0.0942. The monoisotopic (exact) mass is 1090 g/mol. The van der Waals surface area contributed by atoms with E-state index in [4.69, 9.17) is 61.6 Å². The Morgan fingerprint density at radius 1 is 0.649 bits per heavy atom. The Labute approximate surface area is 453 Å². The third kappa shape index (κ3) is 10.7. The van der Waals surface area contributed by atoms with E-state index in [1.54, 1.807) is 48.4 Å². The highest BCUT2D eigenvalue weighted by Gasteiger charge is 2.81. The molecule has 8 aliphatic rings. The minimum Gasteiger partial charge on any atom is -0.458 e.